The van der Waals surface area contributed by atoms with Crippen LogP contribution in [0.1, 0.15) is 17.3 Å². The van der Waals surface area contributed by atoms with E-state index in [2.05, 4.69) is 0 Å². The first-order chi connectivity index (χ1) is 9.67. The number of methoxy groups -OCH3 is 1. The van der Waals surface area contributed by atoms with Crippen molar-refractivity contribution in [2.45, 2.75) is 6.92 Å². The SMILES string of the molecule is CCN(C(=O)c1cccc(OC)c1)c1ccccc1N. The number of hydrogen-bond donors (Lipinski definition) is 1. The Morgan fingerprint density at radius 2 is 1.95 bits per heavy atom. The second kappa shape index (κ2) is 6.10. The number of benzene rings is 2. The standard InChI is InChI=1S/C16H18N2O2/c1-3-18(15-10-5-4-9-14(15)17)16(19)12-7-6-8-13(11-12)20-2/h4-11H,3,17H2,1-2H3. The molecule has 1 amide bonds. The molecule has 0 radical (unpaired) electrons. The van der Waals surface area contributed by atoms with Crippen LogP contribution in [0.15, 0.2) is 48.5 Å². The molecule has 0 atom stereocenters. The van der Waals surface area contributed by atoms with Gasteiger partial charge in [0.15, 0.2) is 0 Å². The van der Waals surface area contributed by atoms with Crippen molar-refractivity contribution in [3.63, 3.8) is 0 Å². The summed E-state index contributed by atoms with van der Waals surface area (Å²) in [5.41, 5.74) is 7.84. The average molecular weight is 270 g/mol. The predicted octanol–water partition coefficient (Wildman–Crippen LogP) is 2.94. The van der Waals surface area contributed by atoms with Crippen LogP contribution in [0.5, 0.6) is 5.75 Å². The highest BCUT2D eigenvalue weighted by atomic mass is 16.5. The van der Waals surface area contributed by atoms with Crippen molar-refractivity contribution in [1.82, 2.24) is 0 Å². The first-order valence-electron chi connectivity index (χ1n) is 6.47. The summed E-state index contributed by atoms with van der Waals surface area (Å²) in [6.07, 6.45) is 0. The molecule has 0 aliphatic heterocycles. The van der Waals surface area contributed by atoms with E-state index in [1.807, 2.05) is 31.2 Å². The lowest BCUT2D eigenvalue weighted by Gasteiger charge is -2.22. The number of anilines is 2. The first-order valence-corrected chi connectivity index (χ1v) is 6.47. The number of nitrogen functional groups attached to an aromatic ring is 1. The molecular formula is C16H18N2O2. The molecule has 4 heteroatoms. The van der Waals surface area contributed by atoms with E-state index in [0.29, 0.717) is 23.5 Å². The van der Waals surface area contributed by atoms with Gasteiger partial charge in [-0.1, -0.05) is 18.2 Å². The maximum atomic E-state index is 12.6. The Morgan fingerprint density at radius 1 is 1.20 bits per heavy atom. The molecule has 0 saturated carbocycles. The first kappa shape index (κ1) is 13.9. The van der Waals surface area contributed by atoms with E-state index >= 15 is 0 Å². The molecule has 4 nitrogen and oxygen atoms in total. The van der Waals surface area contributed by atoms with E-state index in [-0.39, 0.29) is 5.91 Å². The summed E-state index contributed by atoms with van der Waals surface area (Å²) in [6.45, 7) is 2.47. The van der Waals surface area contributed by atoms with Crippen LogP contribution in [0.3, 0.4) is 0 Å². The maximum absolute atomic E-state index is 12.6. The lowest BCUT2D eigenvalue weighted by molar-refractivity contribution is 0.0988. The normalized spacial score (nSPS) is 10.1. The summed E-state index contributed by atoms with van der Waals surface area (Å²) in [5, 5.41) is 0. The van der Waals surface area contributed by atoms with Gasteiger partial charge in [-0.05, 0) is 37.3 Å². The Morgan fingerprint density at radius 3 is 2.60 bits per heavy atom. The van der Waals surface area contributed by atoms with E-state index in [4.69, 9.17) is 10.5 Å². The fraction of sp³-hybridized carbons (Fsp3) is 0.188. The fourth-order valence-corrected chi connectivity index (χ4v) is 2.07. The van der Waals surface area contributed by atoms with Gasteiger partial charge in [0.05, 0.1) is 18.5 Å². The van der Waals surface area contributed by atoms with E-state index in [0.717, 1.165) is 5.69 Å². The number of ether oxygens (including phenoxy) is 1. The monoisotopic (exact) mass is 270 g/mol. The molecule has 0 aliphatic rings. The van der Waals surface area contributed by atoms with Gasteiger partial charge in [0.1, 0.15) is 5.75 Å². The Hall–Kier alpha value is -2.49. The van der Waals surface area contributed by atoms with Crippen molar-refractivity contribution in [2.75, 3.05) is 24.3 Å². The van der Waals surface area contributed by atoms with Crippen molar-refractivity contribution in [1.29, 1.82) is 0 Å². The van der Waals surface area contributed by atoms with Gasteiger partial charge in [-0.25, -0.2) is 0 Å². The number of nitrogens with two attached hydrogens (primary N) is 1. The smallest absolute Gasteiger partial charge is 0.258 e. The van der Waals surface area contributed by atoms with Crippen LogP contribution in [-0.4, -0.2) is 19.6 Å². The molecule has 2 rings (SSSR count). The topological polar surface area (TPSA) is 55.6 Å². The highest BCUT2D eigenvalue weighted by Gasteiger charge is 2.18. The lowest BCUT2D eigenvalue weighted by atomic mass is 10.1. The molecule has 104 valence electrons. The Labute approximate surface area is 118 Å². The average Bonchev–Trinajstić information content (AvgIpc) is 2.49. The molecule has 0 aromatic heterocycles. The summed E-state index contributed by atoms with van der Waals surface area (Å²) in [5.74, 6) is 0.567. The minimum atomic E-state index is -0.0932. The summed E-state index contributed by atoms with van der Waals surface area (Å²) < 4.78 is 5.15. The number of rotatable bonds is 4. The van der Waals surface area contributed by atoms with Crippen molar-refractivity contribution >= 4 is 17.3 Å². The minimum Gasteiger partial charge on any atom is -0.497 e. The molecule has 2 aromatic rings. The molecule has 2 N–H and O–H groups in total. The van der Waals surface area contributed by atoms with Gasteiger partial charge in [0, 0.05) is 12.1 Å². The van der Waals surface area contributed by atoms with Gasteiger partial charge in [-0.15, -0.1) is 0 Å². The van der Waals surface area contributed by atoms with Crippen molar-refractivity contribution in [3.05, 3.63) is 54.1 Å². The van der Waals surface area contributed by atoms with Gasteiger partial charge < -0.3 is 15.4 Å². The second-order valence-electron chi connectivity index (χ2n) is 4.34. The van der Waals surface area contributed by atoms with Crippen LogP contribution in [0.2, 0.25) is 0 Å². The van der Waals surface area contributed by atoms with Crippen LogP contribution in [-0.2, 0) is 0 Å². The molecule has 0 unspecified atom stereocenters. The number of hydrogen-bond acceptors (Lipinski definition) is 3. The zero-order valence-electron chi connectivity index (χ0n) is 11.7. The maximum Gasteiger partial charge on any atom is 0.258 e. The van der Waals surface area contributed by atoms with Gasteiger partial charge in [-0.3, -0.25) is 4.79 Å². The highest BCUT2D eigenvalue weighted by Crippen LogP contribution is 2.25. The third kappa shape index (κ3) is 2.74. The van der Waals surface area contributed by atoms with Crippen LogP contribution in [0, 0.1) is 0 Å². The molecule has 0 heterocycles. The van der Waals surface area contributed by atoms with Gasteiger partial charge >= 0.3 is 0 Å². The summed E-state index contributed by atoms with van der Waals surface area (Å²) in [6, 6.07) is 14.5. The second-order valence-corrected chi connectivity index (χ2v) is 4.34. The third-order valence-corrected chi connectivity index (χ3v) is 3.11. The zero-order valence-corrected chi connectivity index (χ0v) is 11.7. The van der Waals surface area contributed by atoms with Gasteiger partial charge in [-0.2, -0.15) is 0 Å². The minimum absolute atomic E-state index is 0.0932. The molecule has 0 spiro atoms. The Balaban J connectivity index is 2.36. The number of nitrogens with zero attached hydrogens (tertiary/aromatic N) is 1. The lowest BCUT2D eigenvalue weighted by Crippen LogP contribution is -2.31. The molecule has 0 bridgehead atoms. The molecule has 20 heavy (non-hydrogen) atoms. The van der Waals surface area contributed by atoms with E-state index in [1.54, 1.807) is 36.3 Å². The Kier molecular flexibility index (Phi) is 4.25. The van der Waals surface area contributed by atoms with E-state index < -0.39 is 0 Å². The van der Waals surface area contributed by atoms with E-state index in [9.17, 15) is 4.79 Å². The van der Waals surface area contributed by atoms with Gasteiger partial charge in [0.25, 0.3) is 5.91 Å². The fourth-order valence-electron chi connectivity index (χ4n) is 2.07. The summed E-state index contributed by atoms with van der Waals surface area (Å²) in [7, 11) is 1.58. The van der Waals surface area contributed by atoms with Crippen LogP contribution in [0.25, 0.3) is 0 Å². The summed E-state index contributed by atoms with van der Waals surface area (Å²) >= 11 is 0. The number of carbonyl (C=O) groups excluding carboxylic acids is 1. The van der Waals surface area contributed by atoms with E-state index in [1.165, 1.54) is 0 Å². The number of amides is 1. The quantitative estimate of drug-likeness (QED) is 0.869. The number of carbonyl (C=O) groups is 1. The Bertz CT molecular complexity index is 611. The predicted molar refractivity (Wildman–Crippen MR) is 81.2 cm³/mol. The molecular weight excluding hydrogens is 252 g/mol. The molecule has 0 fully saturated rings. The van der Waals surface area contributed by atoms with Crippen LogP contribution in [0.4, 0.5) is 11.4 Å². The molecule has 2 aromatic carbocycles. The van der Waals surface area contributed by atoms with Crippen LogP contribution >= 0.6 is 0 Å². The summed E-state index contributed by atoms with van der Waals surface area (Å²) in [4.78, 5) is 14.3. The van der Waals surface area contributed by atoms with Crippen LogP contribution < -0.4 is 15.4 Å². The molecule has 0 aliphatic carbocycles. The van der Waals surface area contributed by atoms with Crippen molar-refractivity contribution in [3.8, 4) is 5.75 Å². The van der Waals surface area contributed by atoms with Crippen molar-refractivity contribution in [2.24, 2.45) is 0 Å². The molecule has 0 saturated heterocycles. The van der Waals surface area contributed by atoms with Gasteiger partial charge in [0.2, 0.25) is 0 Å². The van der Waals surface area contributed by atoms with Crippen molar-refractivity contribution < 1.29 is 9.53 Å². The largest absolute Gasteiger partial charge is 0.497 e. The highest BCUT2D eigenvalue weighted by molar-refractivity contribution is 6.07. The third-order valence-electron chi connectivity index (χ3n) is 3.11. The zero-order chi connectivity index (χ0) is 14.5. The number of para-hydroxylation sites is 2.